The van der Waals surface area contributed by atoms with E-state index in [2.05, 4.69) is 207 Å². The second-order valence-electron chi connectivity index (χ2n) is 18.3. The number of pyridine rings is 1. The molecule has 0 spiro atoms. The van der Waals surface area contributed by atoms with Crippen molar-refractivity contribution in [3.8, 4) is 11.5 Å². The summed E-state index contributed by atoms with van der Waals surface area (Å²) in [5.41, 5.74) is 11.4. The van der Waals surface area contributed by atoms with Crippen LogP contribution in [0, 0.1) is 0 Å². The maximum absolute atomic E-state index is 5.16. The quantitative estimate of drug-likeness (QED) is 0.173. The fourth-order valence-corrected chi connectivity index (χ4v) is 7.34. The van der Waals surface area contributed by atoms with Crippen LogP contribution in [-0.4, -0.2) is 26.4 Å². The van der Waals surface area contributed by atoms with Gasteiger partial charge in [-0.05, 0) is 82.8 Å². The monoisotopic (exact) mass is 701 g/mol. The molecule has 4 aromatic carbocycles. The van der Waals surface area contributed by atoms with E-state index in [1.807, 2.05) is 6.20 Å². The number of fused-ring (bicyclic) bond motifs is 3. The molecule has 53 heavy (non-hydrogen) atoms. The van der Waals surface area contributed by atoms with Crippen molar-refractivity contribution >= 4 is 33.2 Å². The molecule has 0 saturated heterocycles. The van der Waals surface area contributed by atoms with Gasteiger partial charge in [0.1, 0.15) is 5.82 Å². The van der Waals surface area contributed by atoms with E-state index in [0.29, 0.717) is 0 Å². The first-order valence-corrected chi connectivity index (χ1v) is 18.9. The van der Waals surface area contributed by atoms with Crippen LogP contribution in [0.4, 0.5) is 11.4 Å². The van der Waals surface area contributed by atoms with Gasteiger partial charge in [-0.15, -0.1) is 0 Å². The van der Waals surface area contributed by atoms with Gasteiger partial charge in [-0.1, -0.05) is 125 Å². The van der Waals surface area contributed by atoms with E-state index in [0.717, 1.165) is 39.6 Å². The molecule has 5 heteroatoms. The number of rotatable bonds is 6. The van der Waals surface area contributed by atoms with Crippen molar-refractivity contribution in [1.82, 2.24) is 19.3 Å². The number of nitrogens with zero attached hydrogens (tertiary/aromatic N) is 5. The summed E-state index contributed by atoms with van der Waals surface area (Å²) in [6.07, 6.45) is 1.95. The van der Waals surface area contributed by atoms with E-state index in [1.165, 1.54) is 33.2 Å². The van der Waals surface area contributed by atoms with Gasteiger partial charge >= 0.3 is 0 Å². The Labute approximate surface area is 316 Å². The van der Waals surface area contributed by atoms with E-state index in [4.69, 9.17) is 10.1 Å². The minimum absolute atomic E-state index is 0.00516. The molecule has 3 heterocycles. The fraction of sp³-hybridized carbons (Fsp3) is 0.333. The molecule has 0 amide bonds. The first kappa shape index (κ1) is 36.2. The third-order valence-electron chi connectivity index (χ3n) is 10.9. The van der Waals surface area contributed by atoms with Crippen molar-refractivity contribution in [1.29, 1.82) is 0 Å². The molecule has 0 radical (unpaired) electrons. The zero-order valence-corrected chi connectivity index (χ0v) is 33.7. The third kappa shape index (κ3) is 6.67. The van der Waals surface area contributed by atoms with Gasteiger partial charge in [0, 0.05) is 57.3 Å². The van der Waals surface area contributed by atoms with Crippen LogP contribution >= 0.6 is 0 Å². The summed E-state index contributed by atoms with van der Waals surface area (Å²) in [6.45, 7) is 24.9. The Bertz CT molecular complexity index is 2440. The molecule has 0 bridgehead atoms. The molecule has 5 nitrogen and oxygen atoms in total. The van der Waals surface area contributed by atoms with Crippen LogP contribution in [-0.2, 0) is 21.7 Å². The summed E-state index contributed by atoms with van der Waals surface area (Å²) < 4.78 is 4.49. The van der Waals surface area contributed by atoms with Gasteiger partial charge < -0.3 is 4.90 Å². The summed E-state index contributed by atoms with van der Waals surface area (Å²) in [6, 6.07) is 40.0. The van der Waals surface area contributed by atoms with Crippen LogP contribution in [0.15, 0.2) is 115 Å². The van der Waals surface area contributed by atoms with Crippen LogP contribution in [0.5, 0.6) is 0 Å². The smallest absolute Gasteiger partial charge is 0.137 e. The molecule has 0 aliphatic heterocycles. The number of hydrogen-bond donors (Lipinski definition) is 0. The fourth-order valence-electron chi connectivity index (χ4n) is 7.34. The van der Waals surface area contributed by atoms with Crippen LogP contribution in [0.1, 0.15) is 104 Å². The lowest BCUT2D eigenvalue weighted by Gasteiger charge is -2.26. The minimum Gasteiger partial charge on any atom is -0.344 e. The van der Waals surface area contributed by atoms with Crippen molar-refractivity contribution in [2.24, 2.45) is 0 Å². The highest BCUT2D eigenvalue weighted by molar-refractivity contribution is 6.10. The van der Waals surface area contributed by atoms with E-state index < -0.39 is 0 Å². The number of hydrogen-bond acceptors (Lipinski definition) is 3. The Morgan fingerprint density at radius 1 is 0.528 bits per heavy atom. The maximum Gasteiger partial charge on any atom is 0.137 e. The predicted octanol–water partition coefficient (Wildman–Crippen LogP) is 12.4. The Morgan fingerprint density at radius 3 is 1.92 bits per heavy atom. The Hall–Kier alpha value is -5.16. The topological polar surface area (TPSA) is 38.9 Å². The van der Waals surface area contributed by atoms with E-state index in [1.54, 1.807) is 0 Å². The summed E-state index contributed by atoms with van der Waals surface area (Å²) in [5, 5.41) is 7.59. The summed E-state index contributed by atoms with van der Waals surface area (Å²) >= 11 is 0. The molecule has 0 aliphatic rings. The molecule has 272 valence electrons. The van der Waals surface area contributed by atoms with Gasteiger partial charge in [-0.25, -0.2) is 9.67 Å². The first-order chi connectivity index (χ1) is 24.8. The molecule has 0 fully saturated rings. The molecule has 0 saturated carbocycles. The van der Waals surface area contributed by atoms with E-state index in [-0.39, 0.29) is 21.7 Å². The average molecular weight is 702 g/mol. The second kappa shape index (κ2) is 12.8. The van der Waals surface area contributed by atoms with Crippen LogP contribution in [0.2, 0.25) is 0 Å². The Kier molecular flexibility index (Phi) is 8.71. The van der Waals surface area contributed by atoms with Gasteiger partial charge in [0.2, 0.25) is 0 Å². The highest BCUT2D eigenvalue weighted by Gasteiger charge is 2.28. The molecular formula is C48H55N5. The molecule has 7 rings (SSSR count). The molecule has 0 unspecified atom stereocenters. The molecular weight excluding hydrogens is 647 g/mol. The van der Waals surface area contributed by atoms with Crippen molar-refractivity contribution in [2.45, 2.75) is 97.8 Å². The third-order valence-corrected chi connectivity index (χ3v) is 10.9. The molecule has 0 aliphatic carbocycles. The number of benzene rings is 4. The normalized spacial score (nSPS) is 12.9. The van der Waals surface area contributed by atoms with Gasteiger partial charge in [0.05, 0.1) is 22.4 Å². The van der Waals surface area contributed by atoms with Crippen LogP contribution in [0.25, 0.3) is 33.3 Å². The summed E-state index contributed by atoms with van der Waals surface area (Å²) in [7, 11) is 2.15. The van der Waals surface area contributed by atoms with Crippen molar-refractivity contribution in [3.63, 3.8) is 0 Å². The average Bonchev–Trinajstić information content (AvgIpc) is 3.72. The summed E-state index contributed by atoms with van der Waals surface area (Å²) in [4.78, 5) is 7.26. The number of anilines is 2. The van der Waals surface area contributed by atoms with Crippen molar-refractivity contribution < 1.29 is 0 Å². The lowest BCUT2D eigenvalue weighted by atomic mass is 9.78. The lowest BCUT2D eigenvalue weighted by molar-refractivity contribution is 0.537. The van der Waals surface area contributed by atoms with Crippen molar-refractivity contribution in [2.75, 3.05) is 11.9 Å². The van der Waals surface area contributed by atoms with Gasteiger partial charge in [0.25, 0.3) is 0 Å². The molecule has 3 aromatic heterocycles. The van der Waals surface area contributed by atoms with E-state index >= 15 is 0 Å². The second-order valence-corrected chi connectivity index (χ2v) is 18.3. The Morgan fingerprint density at radius 2 is 1.25 bits per heavy atom. The maximum atomic E-state index is 5.16. The highest BCUT2D eigenvalue weighted by atomic mass is 15.3. The Balaban J connectivity index is 1.39. The first-order valence-electron chi connectivity index (χ1n) is 18.9. The SMILES string of the molecule is CN(c1cccc(-n2nc(C(C)(C)C)cc2C(C)(C)C)c1)c1ccc2c3cc(C(C)(C)c4ccccc4)ccc3n(-c3cc(C(C)(C)C)ccn3)c2c1. The number of aromatic nitrogens is 4. The van der Waals surface area contributed by atoms with Gasteiger partial charge in [-0.2, -0.15) is 5.10 Å². The lowest BCUT2D eigenvalue weighted by Crippen LogP contribution is -2.18. The van der Waals surface area contributed by atoms with Gasteiger partial charge in [-0.3, -0.25) is 4.57 Å². The molecule has 0 atom stereocenters. The standard InChI is InChI=1S/C48H55N5/c1-45(2,3)33-25-26-49-44(28-33)52-40-24-21-34(48(10,11)32-17-14-13-15-18-32)27-39(40)38-23-22-36(30-41(38)52)51(12)35-19-16-20-37(29-35)53-43(47(7,8)9)31-42(50-53)46(4,5)6/h13-31H,1-12H3. The molecule has 0 N–H and O–H groups in total. The minimum atomic E-state index is -0.158. The van der Waals surface area contributed by atoms with E-state index in [9.17, 15) is 0 Å². The predicted molar refractivity (Wildman–Crippen MR) is 225 cm³/mol. The summed E-state index contributed by atoms with van der Waals surface area (Å²) in [5.74, 6) is 0.928. The van der Waals surface area contributed by atoms with Crippen LogP contribution < -0.4 is 4.90 Å². The van der Waals surface area contributed by atoms with Crippen LogP contribution in [0.3, 0.4) is 0 Å². The molecule has 7 aromatic rings. The largest absolute Gasteiger partial charge is 0.344 e. The van der Waals surface area contributed by atoms with Crippen molar-refractivity contribution in [3.05, 3.63) is 143 Å². The zero-order chi connectivity index (χ0) is 38.1. The highest BCUT2D eigenvalue weighted by Crippen LogP contribution is 2.40. The zero-order valence-electron chi connectivity index (χ0n) is 33.7. The van der Waals surface area contributed by atoms with Gasteiger partial charge in [0.15, 0.2) is 0 Å².